The summed E-state index contributed by atoms with van der Waals surface area (Å²) in [5.41, 5.74) is 3.19. The summed E-state index contributed by atoms with van der Waals surface area (Å²) in [7, 11) is 1.66. The maximum atomic E-state index is 9.52. The van der Waals surface area contributed by atoms with Gasteiger partial charge in [0.15, 0.2) is 0 Å². The standard InChI is InChI=1S/C19H17NO2/c1-22-17-11-7-15(8-12-17)19(18-4-2-3-13-20-18)14-5-9-16(21)10-6-14/h2-13,19,21H,1H3. The van der Waals surface area contributed by atoms with E-state index in [1.807, 2.05) is 54.6 Å². The minimum Gasteiger partial charge on any atom is -0.508 e. The summed E-state index contributed by atoms with van der Waals surface area (Å²) in [6.07, 6.45) is 1.80. The molecule has 0 aliphatic carbocycles. The molecular formula is C19H17NO2. The molecule has 0 spiro atoms. The lowest BCUT2D eigenvalue weighted by molar-refractivity contribution is 0.414. The fraction of sp³-hybridized carbons (Fsp3) is 0.105. The molecule has 1 heterocycles. The number of nitrogens with zero attached hydrogens (tertiary/aromatic N) is 1. The van der Waals surface area contributed by atoms with E-state index in [-0.39, 0.29) is 11.7 Å². The molecule has 3 heteroatoms. The van der Waals surface area contributed by atoms with Gasteiger partial charge in [-0.15, -0.1) is 0 Å². The van der Waals surface area contributed by atoms with Crippen molar-refractivity contribution < 1.29 is 9.84 Å². The molecule has 3 nitrogen and oxygen atoms in total. The summed E-state index contributed by atoms with van der Waals surface area (Å²) in [5, 5.41) is 9.52. The Kier molecular flexibility index (Phi) is 4.05. The number of rotatable bonds is 4. The van der Waals surface area contributed by atoms with Crippen molar-refractivity contribution in [3.8, 4) is 11.5 Å². The molecule has 110 valence electrons. The Morgan fingerprint density at radius 1 is 0.864 bits per heavy atom. The van der Waals surface area contributed by atoms with Gasteiger partial charge in [0.1, 0.15) is 11.5 Å². The van der Waals surface area contributed by atoms with Crippen LogP contribution in [-0.2, 0) is 0 Å². The third-order valence-corrected chi connectivity index (χ3v) is 3.66. The molecule has 1 aromatic heterocycles. The molecule has 0 fully saturated rings. The Hall–Kier alpha value is -2.81. The van der Waals surface area contributed by atoms with Gasteiger partial charge in [-0.1, -0.05) is 30.3 Å². The zero-order chi connectivity index (χ0) is 15.4. The highest BCUT2D eigenvalue weighted by Gasteiger charge is 2.17. The lowest BCUT2D eigenvalue weighted by Crippen LogP contribution is -2.05. The van der Waals surface area contributed by atoms with E-state index in [1.54, 1.807) is 25.4 Å². The van der Waals surface area contributed by atoms with Gasteiger partial charge in [0, 0.05) is 6.20 Å². The number of aromatic nitrogens is 1. The molecule has 0 bridgehead atoms. The average Bonchev–Trinajstić information content (AvgIpc) is 2.58. The van der Waals surface area contributed by atoms with Crippen molar-refractivity contribution in [2.75, 3.05) is 7.11 Å². The van der Waals surface area contributed by atoms with Crippen molar-refractivity contribution in [2.24, 2.45) is 0 Å². The highest BCUT2D eigenvalue weighted by Crippen LogP contribution is 2.32. The van der Waals surface area contributed by atoms with Crippen LogP contribution in [0.5, 0.6) is 11.5 Å². The predicted molar refractivity (Wildman–Crippen MR) is 86.3 cm³/mol. The van der Waals surface area contributed by atoms with E-state index in [1.165, 1.54) is 0 Å². The lowest BCUT2D eigenvalue weighted by atomic mass is 9.88. The quantitative estimate of drug-likeness (QED) is 0.790. The molecule has 0 aliphatic rings. The SMILES string of the molecule is COc1ccc(C(c2ccc(O)cc2)c2ccccn2)cc1. The molecule has 1 N–H and O–H groups in total. The van der Waals surface area contributed by atoms with Crippen molar-refractivity contribution in [3.63, 3.8) is 0 Å². The molecule has 0 amide bonds. The van der Waals surface area contributed by atoms with Crippen LogP contribution in [0.15, 0.2) is 72.9 Å². The van der Waals surface area contributed by atoms with Gasteiger partial charge in [0.2, 0.25) is 0 Å². The number of benzene rings is 2. The number of methoxy groups -OCH3 is 1. The molecule has 2 aromatic carbocycles. The molecular weight excluding hydrogens is 274 g/mol. The second kappa shape index (κ2) is 6.31. The maximum Gasteiger partial charge on any atom is 0.118 e. The van der Waals surface area contributed by atoms with Crippen LogP contribution in [0.3, 0.4) is 0 Å². The van der Waals surface area contributed by atoms with Gasteiger partial charge >= 0.3 is 0 Å². The Balaban J connectivity index is 2.07. The topological polar surface area (TPSA) is 42.4 Å². The normalized spacial score (nSPS) is 11.9. The number of pyridine rings is 1. The van der Waals surface area contributed by atoms with Crippen LogP contribution in [0, 0.1) is 0 Å². The molecule has 3 rings (SSSR count). The van der Waals surface area contributed by atoms with Crippen LogP contribution in [-0.4, -0.2) is 17.2 Å². The van der Waals surface area contributed by atoms with Crippen LogP contribution in [0.2, 0.25) is 0 Å². The minimum atomic E-state index is 0.0210. The van der Waals surface area contributed by atoms with Gasteiger partial charge in [0.25, 0.3) is 0 Å². The smallest absolute Gasteiger partial charge is 0.118 e. The van der Waals surface area contributed by atoms with E-state index in [2.05, 4.69) is 4.98 Å². The monoisotopic (exact) mass is 291 g/mol. The molecule has 0 aliphatic heterocycles. The van der Waals surface area contributed by atoms with Crippen molar-refractivity contribution in [1.29, 1.82) is 0 Å². The van der Waals surface area contributed by atoms with Crippen molar-refractivity contribution in [1.82, 2.24) is 4.98 Å². The number of hydrogen-bond acceptors (Lipinski definition) is 3. The third kappa shape index (κ3) is 2.93. The molecule has 22 heavy (non-hydrogen) atoms. The third-order valence-electron chi connectivity index (χ3n) is 3.66. The van der Waals surface area contributed by atoms with Gasteiger partial charge in [-0.05, 0) is 47.5 Å². The predicted octanol–water partition coefficient (Wildman–Crippen LogP) is 3.98. The van der Waals surface area contributed by atoms with E-state index in [9.17, 15) is 5.11 Å². The fourth-order valence-corrected chi connectivity index (χ4v) is 2.54. The Morgan fingerprint density at radius 2 is 1.50 bits per heavy atom. The molecule has 0 radical (unpaired) electrons. The fourth-order valence-electron chi connectivity index (χ4n) is 2.54. The molecule has 0 saturated heterocycles. The zero-order valence-electron chi connectivity index (χ0n) is 12.3. The summed E-state index contributed by atoms with van der Waals surface area (Å²) in [6, 6.07) is 21.2. The summed E-state index contributed by atoms with van der Waals surface area (Å²) in [5.74, 6) is 1.11. The van der Waals surface area contributed by atoms with E-state index >= 15 is 0 Å². The minimum absolute atomic E-state index is 0.0210. The first-order valence-corrected chi connectivity index (χ1v) is 7.12. The number of phenols is 1. The summed E-state index contributed by atoms with van der Waals surface area (Å²) in [4.78, 5) is 4.50. The molecule has 0 saturated carbocycles. The van der Waals surface area contributed by atoms with Crippen LogP contribution >= 0.6 is 0 Å². The largest absolute Gasteiger partial charge is 0.508 e. The van der Waals surface area contributed by atoms with Gasteiger partial charge in [-0.25, -0.2) is 0 Å². The summed E-state index contributed by atoms with van der Waals surface area (Å²) < 4.78 is 5.23. The zero-order valence-corrected chi connectivity index (χ0v) is 12.3. The first-order valence-electron chi connectivity index (χ1n) is 7.12. The highest BCUT2D eigenvalue weighted by atomic mass is 16.5. The van der Waals surface area contributed by atoms with Gasteiger partial charge < -0.3 is 9.84 Å². The molecule has 1 unspecified atom stereocenters. The van der Waals surface area contributed by atoms with Gasteiger partial charge in [-0.3, -0.25) is 4.98 Å². The summed E-state index contributed by atoms with van der Waals surface area (Å²) >= 11 is 0. The van der Waals surface area contributed by atoms with E-state index in [4.69, 9.17) is 4.74 Å². The van der Waals surface area contributed by atoms with Gasteiger partial charge in [-0.2, -0.15) is 0 Å². The van der Waals surface area contributed by atoms with Crippen molar-refractivity contribution in [2.45, 2.75) is 5.92 Å². The lowest BCUT2D eigenvalue weighted by Gasteiger charge is -2.18. The van der Waals surface area contributed by atoms with Crippen LogP contribution < -0.4 is 4.74 Å². The van der Waals surface area contributed by atoms with E-state index < -0.39 is 0 Å². The van der Waals surface area contributed by atoms with Crippen LogP contribution in [0.4, 0.5) is 0 Å². The first kappa shape index (κ1) is 14.1. The summed E-state index contributed by atoms with van der Waals surface area (Å²) in [6.45, 7) is 0. The van der Waals surface area contributed by atoms with E-state index in [0.717, 1.165) is 22.6 Å². The second-order valence-electron chi connectivity index (χ2n) is 5.05. The molecule has 1 atom stereocenters. The van der Waals surface area contributed by atoms with E-state index in [0.29, 0.717) is 0 Å². The Bertz CT molecular complexity index is 722. The number of ether oxygens (including phenoxy) is 1. The Morgan fingerprint density at radius 3 is 2.05 bits per heavy atom. The highest BCUT2D eigenvalue weighted by molar-refractivity contribution is 5.43. The Labute approximate surface area is 129 Å². The maximum absolute atomic E-state index is 9.52. The van der Waals surface area contributed by atoms with Crippen LogP contribution in [0.1, 0.15) is 22.7 Å². The van der Waals surface area contributed by atoms with Crippen LogP contribution in [0.25, 0.3) is 0 Å². The van der Waals surface area contributed by atoms with Gasteiger partial charge in [0.05, 0.1) is 18.7 Å². The molecule has 3 aromatic rings. The number of hydrogen-bond donors (Lipinski definition) is 1. The van der Waals surface area contributed by atoms with Crippen molar-refractivity contribution >= 4 is 0 Å². The average molecular weight is 291 g/mol. The first-order chi connectivity index (χ1) is 10.8. The second-order valence-corrected chi connectivity index (χ2v) is 5.05. The number of phenolic OH excluding ortho intramolecular Hbond substituents is 1. The van der Waals surface area contributed by atoms with Crippen molar-refractivity contribution in [3.05, 3.63) is 89.7 Å². The number of aromatic hydroxyl groups is 1.